The van der Waals surface area contributed by atoms with Crippen molar-refractivity contribution >= 4 is 5.97 Å². The molecule has 1 rings (SSSR count). The molecule has 0 bridgehead atoms. The van der Waals surface area contributed by atoms with Crippen molar-refractivity contribution in [2.75, 3.05) is 14.2 Å². The van der Waals surface area contributed by atoms with Crippen molar-refractivity contribution in [3.8, 4) is 0 Å². The zero-order valence-electron chi connectivity index (χ0n) is 8.83. The topological polar surface area (TPSA) is 44.8 Å². The summed E-state index contributed by atoms with van der Waals surface area (Å²) < 4.78 is 15.1. The highest BCUT2D eigenvalue weighted by Gasteiger charge is 2.36. The van der Waals surface area contributed by atoms with Crippen LogP contribution in [0.2, 0.25) is 0 Å². The lowest BCUT2D eigenvalue weighted by molar-refractivity contribution is -0.143. The number of methoxy groups -OCH3 is 2. The zero-order chi connectivity index (χ0) is 10.6. The van der Waals surface area contributed by atoms with Crippen molar-refractivity contribution in [3.05, 3.63) is 11.5 Å². The summed E-state index contributed by atoms with van der Waals surface area (Å²) in [6.45, 7) is 2.09. The van der Waals surface area contributed by atoms with Crippen molar-refractivity contribution in [1.82, 2.24) is 0 Å². The molecule has 0 spiro atoms. The van der Waals surface area contributed by atoms with E-state index in [4.69, 9.17) is 14.2 Å². The molecule has 0 N–H and O–H groups in total. The van der Waals surface area contributed by atoms with Crippen molar-refractivity contribution in [2.24, 2.45) is 0 Å². The summed E-state index contributed by atoms with van der Waals surface area (Å²) in [4.78, 5) is 11.3. The van der Waals surface area contributed by atoms with Crippen molar-refractivity contribution in [1.29, 1.82) is 0 Å². The fourth-order valence-corrected chi connectivity index (χ4v) is 1.47. The van der Waals surface area contributed by atoms with Gasteiger partial charge in [-0.2, -0.15) is 0 Å². The maximum atomic E-state index is 11.3. The molecular weight excluding hydrogens is 184 g/mol. The van der Waals surface area contributed by atoms with Gasteiger partial charge in [0.2, 0.25) is 5.76 Å². The number of ether oxygens (including phenoxy) is 3. The Morgan fingerprint density at radius 1 is 1.36 bits per heavy atom. The first-order chi connectivity index (χ1) is 6.74. The monoisotopic (exact) mass is 200 g/mol. The van der Waals surface area contributed by atoms with Crippen LogP contribution in [-0.2, 0) is 19.0 Å². The molecule has 14 heavy (non-hydrogen) atoms. The number of hydrogen-bond acceptors (Lipinski definition) is 4. The summed E-state index contributed by atoms with van der Waals surface area (Å²) >= 11 is 0. The average molecular weight is 200 g/mol. The van der Waals surface area contributed by atoms with Gasteiger partial charge in [-0.15, -0.1) is 0 Å². The fraction of sp³-hybridized carbons (Fsp3) is 0.700. The third-order valence-corrected chi connectivity index (χ3v) is 2.19. The van der Waals surface area contributed by atoms with Crippen LogP contribution in [0.1, 0.15) is 26.2 Å². The fourth-order valence-electron chi connectivity index (χ4n) is 1.47. The van der Waals surface area contributed by atoms with Crippen LogP contribution in [0.4, 0.5) is 0 Å². The zero-order valence-corrected chi connectivity index (χ0v) is 8.83. The lowest BCUT2D eigenvalue weighted by Gasteiger charge is -2.11. The summed E-state index contributed by atoms with van der Waals surface area (Å²) in [5, 5.41) is 0. The molecule has 0 aliphatic carbocycles. The number of rotatable bonds is 5. The Bertz CT molecular complexity index is 245. The molecule has 1 aliphatic heterocycles. The summed E-state index contributed by atoms with van der Waals surface area (Å²) in [6.07, 6.45) is 2.59. The molecule has 0 radical (unpaired) electrons. The first kappa shape index (κ1) is 10.9. The highest BCUT2D eigenvalue weighted by molar-refractivity contribution is 5.89. The summed E-state index contributed by atoms with van der Waals surface area (Å²) in [5.41, 5.74) is 0. The Labute approximate surface area is 83.8 Å². The third-order valence-electron chi connectivity index (χ3n) is 2.19. The second-order valence-electron chi connectivity index (χ2n) is 3.14. The van der Waals surface area contributed by atoms with E-state index in [1.165, 1.54) is 14.2 Å². The van der Waals surface area contributed by atoms with Gasteiger partial charge in [-0.3, -0.25) is 0 Å². The van der Waals surface area contributed by atoms with Crippen LogP contribution in [0.25, 0.3) is 0 Å². The average Bonchev–Trinajstić information content (AvgIpc) is 2.50. The van der Waals surface area contributed by atoms with Crippen molar-refractivity contribution < 1.29 is 19.0 Å². The van der Waals surface area contributed by atoms with Crippen LogP contribution >= 0.6 is 0 Å². The number of esters is 1. The largest absolute Gasteiger partial charge is 0.493 e. The van der Waals surface area contributed by atoms with E-state index in [0.717, 1.165) is 19.3 Å². The molecule has 0 aromatic rings. The minimum absolute atomic E-state index is 0.202. The minimum atomic E-state index is -0.426. The van der Waals surface area contributed by atoms with Gasteiger partial charge in [0.15, 0.2) is 11.9 Å². The lowest BCUT2D eigenvalue weighted by Crippen LogP contribution is -2.12. The third kappa shape index (κ3) is 2.00. The predicted octanol–water partition coefficient (Wildman–Crippen LogP) is 1.61. The van der Waals surface area contributed by atoms with Crippen molar-refractivity contribution in [3.63, 3.8) is 0 Å². The molecule has 80 valence electrons. The Hall–Kier alpha value is -1.19. The van der Waals surface area contributed by atoms with Gasteiger partial charge < -0.3 is 14.2 Å². The first-order valence-electron chi connectivity index (χ1n) is 4.77. The molecule has 1 atom stereocenters. The van der Waals surface area contributed by atoms with Crippen LogP contribution in [0.5, 0.6) is 0 Å². The summed E-state index contributed by atoms with van der Waals surface area (Å²) in [7, 11) is 2.97. The maximum absolute atomic E-state index is 11.3. The maximum Gasteiger partial charge on any atom is 0.378 e. The molecule has 1 heterocycles. The number of unbranched alkanes of at least 4 members (excludes halogenated alkanes) is 1. The molecule has 4 nitrogen and oxygen atoms in total. The van der Waals surface area contributed by atoms with Gasteiger partial charge in [0.1, 0.15) is 0 Å². The minimum Gasteiger partial charge on any atom is -0.493 e. The van der Waals surface area contributed by atoms with Gasteiger partial charge in [-0.1, -0.05) is 13.3 Å². The van der Waals surface area contributed by atoms with Crippen LogP contribution in [-0.4, -0.2) is 26.3 Å². The standard InChI is InChI=1S/C10H16O4/c1-4-5-6-7-8(12-2)9(13-3)10(11)14-7/h7H,4-6H2,1-3H3. The van der Waals surface area contributed by atoms with E-state index in [2.05, 4.69) is 6.92 Å². The Morgan fingerprint density at radius 3 is 2.57 bits per heavy atom. The number of hydrogen-bond donors (Lipinski definition) is 0. The molecule has 0 aromatic carbocycles. The smallest absolute Gasteiger partial charge is 0.378 e. The molecule has 0 fully saturated rings. The first-order valence-corrected chi connectivity index (χ1v) is 4.77. The molecule has 1 aliphatic rings. The van der Waals surface area contributed by atoms with Crippen LogP contribution in [0.3, 0.4) is 0 Å². The molecule has 0 saturated heterocycles. The molecule has 0 saturated carbocycles. The van der Waals surface area contributed by atoms with Crippen LogP contribution < -0.4 is 0 Å². The molecule has 0 amide bonds. The summed E-state index contributed by atoms with van der Waals surface area (Å²) in [6, 6.07) is 0. The predicted molar refractivity (Wildman–Crippen MR) is 50.4 cm³/mol. The molecule has 4 heteroatoms. The highest BCUT2D eigenvalue weighted by Crippen LogP contribution is 2.27. The van der Waals surface area contributed by atoms with Gasteiger partial charge in [0, 0.05) is 0 Å². The van der Waals surface area contributed by atoms with E-state index in [-0.39, 0.29) is 11.9 Å². The van der Waals surface area contributed by atoms with Gasteiger partial charge in [-0.25, -0.2) is 4.79 Å². The van der Waals surface area contributed by atoms with Crippen LogP contribution in [0, 0.1) is 0 Å². The van der Waals surface area contributed by atoms with Crippen LogP contribution in [0.15, 0.2) is 11.5 Å². The molecule has 0 aromatic heterocycles. The summed E-state index contributed by atoms with van der Waals surface area (Å²) in [5.74, 6) is 0.296. The SMILES string of the molecule is CCCCC1OC(=O)C(OC)=C1OC. The quantitative estimate of drug-likeness (QED) is 0.632. The molecular formula is C10H16O4. The second-order valence-corrected chi connectivity index (χ2v) is 3.14. The highest BCUT2D eigenvalue weighted by atomic mass is 16.6. The van der Waals surface area contributed by atoms with Crippen molar-refractivity contribution in [2.45, 2.75) is 32.3 Å². The number of carbonyl (C=O) groups excluding carboxylic acids is 1. The Morgan fingerprint density at radius 2 is 2.07 bits per heavy atom. The van der Waals surface area contributed by atoms with E-state index in [0.29, 0.717) is 5.76 Å². The van der Waals surface area contributed by atoms with Gasteiger partial charge >= 0.3 is 5.97 Å². The van der Waals surface area contributed by atoms with Gasteiger partial charge in [0.25, 0.3) is 0 Å². The Kier molecular flexibility index (Phi) is 3.80. The van der Waals surface area contributed by atoms with E-state index in [1.807, 2.05) is 0 Å². The van der Waals surface area contributed by atoms with E-state index in [1.54, 1.807) is 0 Å². The molecule has 1 unspecified atom stereocenters. The van der Waals surface area contributed by atoms with Gasteiger partial charge in [0.05, 0.1) is 14.2 Å². The number of carbonyl (C=O) groups is 1. The van der Waals surface area contributed by atoms with Gasteiger partial charge in [-0.05, 0) is 12.8 Å². The van der Waals surface area contributed by atoms with E-state index in [9.17, 15) is 4.79 Å². The van der Waals surface area contributed by atoms with E-state index < -0.39 is 5.97 Å². The van der Waals surface area contributed by atoms with E-state index >= 15 is 0 Å². The second kappa shape index (κ2) is 4.88. The number of cyclic esters (lactones) is 1. The Balaban J connectivity index is 2.71. The lowest BCUT2D eigenvalue weighted by atomic mass is 10.1. The normalized spacial score (nSPS) is 21.1.